The molecule has 3 nitrogen and oxygen atoms in total. The van der Waals surface area contributed by atoms with Crippen molar-refractivity contribution in [2.45, 2.75) is 38.5 Å². The molecule has 0 amide bonds. The maximum Gasteiger partial charge on any atom is 0.137 e. The zero-order chi connectivity index (χ0) is 12.8. The molecule has 4 heteroatoms. The molecular weight excluding hydrogens is 244 g/mol. The van der Waals surface area contributed by atoms with Crippen LogP contribution < -0.4 is 10.5 Å². The molecule has 1 aliphatic carbocycles. The minimum atomic E-state index is 0.324. The molecule has 0 atom stereocenters. The lowest BCUT2D eigenvalue weighted by Gasteiger charge is -2.14. The van der Waals surface area contributed by atoms with Crippen LogP contribution >= 0.6 is 12.2 Å². The van der Waals surface area contributed by atoms with Gasteiger partial charge in [-0.2, -0.15) is 0 Å². The monoisotopic (exact) mass is 264 g/mol. The number of pyridine rings is 1. The molecule has 2 rings (SSSR count). The van der Waals surface area contributed by atoms with Crippen LogP contribution in [0, 0.1) is 5.92 Å². The summed E-state index contributed by atoms with van der Waals surface area (Å²) in [6.07, 6.45) is 9.71. The van der Waals surface area contributed by atoms with E-state index in [1.807, 2.05) is 12.1 Å². The first-order valence-corrected chi connectivity index (χ1v) is 7.05. The Bertz CT molecular complexity index is 383. The minimum Gasteiger partial charge on any atom is -0.492 e. The Morgan fingerprint density at radius 1 is 1.28 bits per heavy atom. The molecule has 0 radical (unpaired) electrons. The number of thiocarbonyl (C=S) groups is 1. The van der Waals surface area contributed by atoms with Gasteiger partial charge < -0.3 is 10.5 Å². The number of nitrogens with two attached hydrogens (primary N) is 1. The fourth-order valence-electron chi connectivity index (χ4n) is 2.36. The van der Waals surface area contributed by atoms with Gasteiger partial charge in [0.05, 0.1) is 18.5 Å². The highest BCUT2D eigenvalue weighted by Crippen LogP contribution is 2.23. The van der Waals surface area contributed by atoms with Crippen molar-refractivity contribution >= 4 is 17.2 Å². The van der Waals surface area contributed by atoms with Crippen molar-refractivity contribution in [3.8, 4) is 5.75 Å². The molecule has 0 unspecified atom stereocenters. The molecule has 1 fully saturated rings. The van der Waals surface area contributed by atoms with Crippen molar-refractivity contribution in [1.82, 2.24) is 4.98 Å². The minimum absolute atomic E-state index is 0.324. The van der Waals surface area contributed by atoms with Crippen molar-refractivity contribution in [3.63, 3.8) is 0 Å². The highest BCUT2D eigenvalue weighted by molar-refractivity contribution is 7.80. The molecule has 0 bridgehead atoms. The smallest absolute Gasteiger partial charge is 0.137 e. The Hall–Kier alpha value is -1.16. The predicted molar refractivity (Wildman–Crippen MR) is 76.8 cm³/mol. The summed E-state index contributed by atoms with van der Waals surface area (Å²) in [5.74, 6) is 1.50. The maximum atomic E-state index is 5.79. The normalized spacial score (nSPS) is 17.1. The number of rotatable bonds is 4. The van der Waals surface area contributed by atoms with Crippen molar-refractivity contribution < 1.29 is 4.74 Å². The molecule has 2 N–H and O–H groups in total. The van der Waals surface area contributed by atoms with E-state index in [0.717, 1.165) is 12.4 Å². The van der Waals surface area contributed by atoms with Crippen LogP contribution in [0.3, 0.4) is 0 Å². The van der Waals surface area contributed by atoms with Crippen molar-refractivity contribution in [2.75, 3.05) is 6.61 Å². The third-order valence-electron chi connectivity index (χ3n) is 3.45. The van der Waals surface area contributed by atoms with E-state index in [-0.39, 0.29) is 0 Å². The average molecular weight is 264 g/mol. The van der Waals surface area contributed by atoms with E-state index in [2.05, 4.69) is 4.98 Å². The maximum absolute atomic E-state index is 5.79. The third kappa shape index (κ3) is 3.95. The summed E-state index contributed by atoms with van der Waals surface area (Å²) < 4.78 is 5.79. The topological polar surface area (TPSA) is 48.1 Å². The van der Waals surface area contributed by atoms with Gasteiger partial charge in [-0.25, -0.2) is 4.98 Å². The van der Waals surface area contributed by atoms with Crippen LogP contribution in [-0.2, 0) is 0 Å². The van der Waals surface area contributed by atoms with E-state index in [0.29, 0.717) is 16.6 Å². The van der Waals surface area contributed by atoms with Gasteiger partial charge in [0.1, 0.15) is 10.7 Å². The van der Waals surface area contributed by atoms with Crippen LogP contribution in [-0.4, -0.2) is 16.6 Å². The van der Waals surface area contributed by atoms with Gasteiger partial charge in [0, 0.05) is 0 Å². The van der Waals surface area contributed by atoms with Crippen LogP contribution in [0.1, 0.15) is 44.2 Å². The molecule has 1 saturated carbocycles. The van der Waals surface area contributed by atoms with Gasteiger partial charge in [0.15, 0.2) is 0 Å². The number of ether oxygens (including phenoxy) is 1. The van der Waals surface area contributed by atoms with Gasteiger partial charge in [-0.3, -0.25) is 0 Å². The summed E-state index contributed by atoms with van der Waals surface area (Å²) in [5, 5.41) is 0. The molecule has 0 saturated heterocycles. The Balaban J connectivity index is 1.83. The second kappa shape index (κ2) is 6.69. The summed E-state index contributed by atoms with van der Waals surface area (Å²) in [6.45, 7) is 0.800. The fraction of sp³-hybridized carbons (Fsp3) is 0.571. The first-order chi connectivity index (χ1) is 8.75. The zero-order valence-corrected chi connectivity index (χ0v) is 11.4. The number of hydrogen-bond acceptors (Lipinski definition) is 3. The molecular formula is C14H20N2OS. The van der Waals surface area contributed by atoms with Gasteiger partial charge in [-0.15, -0.1) is 0 Å². The third-order valence-corrected chi connectivity index (χ3v) is 3.66. The van der Waals surface area contributed by atoms with E-state index in [1.54, 1.807) is 6.20 Å². The summed E-state index contributed by atoms with van der Waals surface area (Å²) >= 11 is 4.86. The Morgan fingerprint density at radius 2 is 2.00 bits per heavy atom. The summed E-state index contributed by atoms with van der Waals surface area (Å²) in [7, 11) is 0. The van der Waals surface area contributed by atoms with Gasteiger partial charge in [0.25, 0.3) is 0 Å². The SMILES string of the molecule is NC(=S)c1ccc(OCC2CCCCCC2)cn1. The lowest BCUT2D eigenvalue weighted by atomic mass is 10.0. The Labute approximate surface area is 114 Å². The molecule has 0 aliphatic heterocycles. The van der Waals surface area contributed by atoms with Crippen LogP contribution in [0.25, 0.3) is 0 Å². The van der Waals surface area contributed by atoms with Crippen molar-refractivity contribution in [1.29, 1.82) is 0 Å². The first-order valence-electron chi connectivity index (χ1n) is 6.64. The molecule has 98 valence electrons. The molecule has 0 spiro atoms. The molecule has 0 aromatic carbocycles. The first kappa shape index (κ1) is 13.3. The van der Waals surface area contributed by atoms with Crippen molar-refractivity contribution in [2.24, 2.45) is 11.7 Å². The highest BCUT2D eigenvalue weighted by Gasteiger charge is 2.12. The second-order valence-electron chi connectivity index (χ2n) is 4.91. The number of aromatic nitrogens is 1. The van der Waals surface area contributed by atoms with E-state index < -0.39 is 0 Å². The number of nitrogens with zero attached hydrogens (tertiary/aromatic N) is 1. The lowest BCUT2D eigenvalue weighted by Crippen LogP contribution is -2.13. The molecule has 1 aliphatic rings. The van der Waals surface area contributed by atoms with E-state index in [4.69, 9.17) is 22.7 Å². The Kier molecular flexibility index (Phi) is 4.93. The summed E-state index contributed by atoms with van der Waals surface area (Å²) in [5.41, 5.74) is 6.15. The molecule has 1 heterocycles. The molecule has 18 heavy (non-hydrogen) atoms. The second-order valence-corrected chi connectivity index (χ2v) is 5.35. The average Bonchev–Trinajstić information content (AvgIpc) is 2.65. The fourth-order valence-corrected chi connectivity index (χ4v) is 2.48. The standard InChI is InChI=1S/C14H20N2OS/c15-14(18)13-8-7-12(9-16-13)17-10-11-5-3-1-2-4-6-11/h7-9,11H,1-6,10H2,(H2,15,18). The van der Waals surface area contributed by atoms with Gasteiger partial charge in [0.2, 0.25) is 0 Å². The van der Waals surface area contributed by atoms with Crippen LogP contribution in [0.4, 0.5) is 0 Å². The largest absolute Gasteiger partial charge is 0.492 e. The van der Waals surface area contributed by atoms with E-state index >= 15 is 0 Å². The van der Waals surface area contributed by atoms with Gasteiger partial charge in [-0.05, 0) is 30.9 Å². The predicted octanol–water partition coefficient (Wildman–Crippen LogP) is 3.07. The zero-order valence-electron chi connectivity index (χ0n) is 10.6. The molecule has 1 aromatic rings. The highest BCUT2D eigenvalue weighted by atomic mass is 32.1. The van der Waals surface area contributed by atoms with Crippen LogP contribution in [0.5, 0.6) is 5.75 Å². The Morgan fingerprint density at radius 3 is 2.56 bits per heavy atom. The summed E-state index contributed by atoms with van der Waals surface area (Å²) in [6, 6.07) is 3.70. The van der Waals surface area contributed by atoms with Crippen LogP contribution in [0.15, 0.2) is 18.3 Å². The van der Waals surface area contributed by atoms with E-state index in [1.165, 1.54) is 38.5 Å². The van der Waals surface area contributed by atoms with Crippen LogP contribution in [0.2, 0.25) is 0 Å². The van der Waals surface area contributed by atoms with E-state index in [9.17, 15) is 0 Å². The summed E-state index contributed by atoms with van der Waals surface area (Å²) in [4.78, 5) is 4.49. The quantitative estimate of drug-likeness (QED) is 0.670. The number of hydrogen-bond donors (Lipinski definition) is 1. The van der Waals surface area contributed by atoms with Crippen molar-refractivity contribution in [3.05, 3.63) is 24.0 Å². The van der Waals surface area contributed by atoms with Gasteiger partial charge in [-0.1, -0.05) is 37.9 Å². The van der Waals surface area contributed by atoms with Gasteiger partial charge >= 0.3 is 0 Å². The molecule has 1 aromatic heterocycles. The lowest BCUT2D eigenvalue weighted by molar-refractivity contribution is 0.233.